The highest BCUT2D eigenvalue weighted by atomic mass is 32.1. The maximum Gasteiger partial charge on any atom is 0.452 e. The number of hydrogen-bond donors (Lipinski definition) is 3. The first-order valence-corrected chi connectivity index (χ1v) is 13.1. The summed E-state index contributed by atoms with van der Waals surface area (Å²) in [5.41, 5.74) is 0.719. The molecule has 4 aromatic rings. The van der Waals surface area contributed by atoms with Gasteiger partial charge in [-0.3, -0.25) is 19.4 Å². The number of anilines is 1. The molecule has 5 rings (SSSR count). The third kappa shape index (κ3) is 5.93. The van der Waals surface area contributed by atoms with Crippen LogP contribution in [0.1, 0.15) is 45.4 Å². The van der Waals surface area contributed by atoms with Crippen LogP contribution >= 0.6 is 11.3 Å². The lowest BCUT2D eigenvalue weighted by Crippen LogP contribution is -2.38. The maximum absolute atomic E-state index is 13.6. The van der Waals surface area contributed by atoms with E-state index >= 15 is 0 Å². The second kappa shape index (κ2) is 11.0. The van der Waals surface area contributed by atoms with Gasteiger partial charge in [-0.05, 0) is 48.6 Å². The summed E-state index contributed by atoms with van der Waals surface area (Å²) in [7, 11) is 0. The molecule has 2 aromatic carbocycles. The van der Waals surface area contributed by atoms with Crippen LogP contribution in [0.2, 0.25) is 0 Å². The number of likely N-dealkylation sites (tertiary alicyclic amines) is 1. The van der Waals surface area contributed by atoms with E-state index in [0.717, 1.165) is 16.9 Å². The van der Waals surface area contributed by atoms with Gasteiger partial charge >= 0.3 is 11.0 Å². The van der Waals surface area contributed by atoms with Crippen molar-refractivity contribution in [1.82, 2.24) is 14.9 Å². The monoisotopic (exact) mass is 572 g/mol. The summed E-state index contributed by atoms with van der Waals surface area (Å²) in [4.78, 5) is 44.3. The average molecular weight is 573 g/mol. The third-order valence-electron chi connectivity index (χ3n) is 6.62. The normalized spacial score (nSPS) is 14.3. The summed E-state index contributed by atoms with van der Waals surface area (Å²) in [5, 5.41) is 12.2. The van der Waals surface area contributed by atoms with Crippen molar-refractivity contribution in [2.45, 2.75) is 31.4 Å². The number of nitrogens with one attached hydrogen (secondary N) is 2. The Balaban J connectivity index is 1.21. The molecule has 2 amide bonds. The number of thiazole rings is 1. The smallest absolute Gasteiger partial charge is 0.452 e. The number of hydrogen-bond acceptors (Lipinski definition) is 7. The van der Waals surface area contributed by atoms with Gasteiger partial charge in [-0.15, -0.1) is 0 Å². The zero-order valence-corrected chi connectivity index (χ0v) is 21.6. The number of aromatic amines is 1. The van der Waals surface area contributed by atoms with Gasteiger partial charge in [0, 0.05) is 24.3 Å². The summed E-state index contributed by atoms with van der Waals surface area (Å²) < 4.78 is 45.7. The van der Waals surface area contributed by atoms with Crippen molar-refractivity contribution >= 4 is 28.8 Å². The minimum Gasteiger partial charge on any atom is -0.494 e. The standard InChI is InChI=1S/C27H23F3N4O5S/c28-27(29,30)22-21(32-25(39-22)17-4-2-1-3-5-17)24(37)31-18-8-6-15(7-9-18)16-10-12-34(13-11-16)20(35)14-19-23(36)33-26(38)40-19/h1-9,16,36H,10-14H2,(H,31,37)(H,33,38). The topological polar surface area (TPSA) is 129 Å². The van der Waals surface area contributed by atoms with Gasteiger partial charge in [0.2, 0.25) is 23.4 Å². The zero-order valence-electron chi connectivity index (χ0n) is 20.8. The van der Waals surface area contributed by atoms with Crippen LogP contribution in [0.25, 0.3) is 11.5 Å². The Bertz CT molecular complexity index is 1570. The first-order chi connectivity index (χ1) is 19.1. The van der Waals surface area contributed by atoms with Crippen LogP contribution in [0.4, 0.5) is 18.9 Å². The van der Waals surface area contributed by atoms with Gasteiger partial charge in [0.15, 0.2) is 5.69 Å². The van der Waals surface area contributed by atoms with E-state index in [4.69, 9.17) is 4.42 Å². The van der Waals surface area contributed by atoms with E-state index < -0.39 is 28.4 Å². The first kappa shape index (κ1) is 27.2. The Kier molecular flexibility index (Phi) is 7.48. The van der Waals surface area contributed by atoms with Gasteiger partial charge in [-0.1, -0.05) is 41.7 Å². The molecule has 3 heterocycles. The summed E-state index contributed by atoms with van der Waals surface area (Å²) in [6.07, 6.45) is -3.59. The zero-order chi connectivity index (χ0) is 28.4. The summed E-state index contributed by atoms with van der Waals surface area (Å²) in [6, 6.07) is 14.8. The number of halogens is 3. The molecule has 13 heteroatoms. The van der Waals surface area contributed by atoms with Crippen molar-refractivity contribution in [2.24, 2.45) is 0 Å². The van der Waals surface area contributed by atoms with Crippen LogP contribution in [0, 0.1) is 0 Å². The number of benzene rings is 2. The van der Waals surface area contributed by atoms with Gasteiger partial charge < -0.3 is 19.7 Å². The number of carbonyl (C=O) groups excluding carboxylic acids is 2. The molecule has 9 nitrogen and oxygen atoms in total. The van der Waals surface area contributed by atoms with E-state index in [-0.39, 0.29) is 30.0 Å². The first-order valence-electron chi connectivity index (χ1n) is 12.3. The predicted molar refractivity (Wildman–Crippen MR) is 140 cm³/mol. The highest BCUT2D eigenvalue weighted by molar-refractivity contribution is 7.09. The molecular weight excluding hydrogens is 549 g/mol. The average Bonchev–Trinajstić information content (AvgIpc) is 3.53. The molecule has 0 unspecified atom stereocenters. The van der Waals surface area contributed by atoms with Crippen LogP contribution in [0.5, 0.6) is 5.88 Å². The van der Waals surface area contributed by atoms with Crippen molar-refractivity contribution in [1.29, 1.82) is 0 Å². The maximum atomic E-state index is 13.6. The number of H-pyrrole nitrogens is 1. The Hall–Kier alpha value is -4.39. The predicted octanol–water partition coefficient (Wildman–Crippen LogP) is 5.02. The Morgan fingerprint density at radius 2 is 1.77 bits per heavy atom. The van der Waals surface area contributed by atoms with Crippen molar-refractivity contribution in [2.75, 3.05) is 18.4 Å². The SMILES string of the molecule is O=C(Nc1ccc(C2CCN(C(=O)Cc3sc(=O)[nH]c3O)CC2)cc1)c1nc(-c2ccccc2)oc1C(F)(F)F. The van der Waals surface area contributed by atoms with Crippen LogP contribution in [0.3, 0.4) is 0 Å². The van der Waals surface area contributed by atoms with Crippen molar-refractivity contribution in [3.63, 3.8) is 0 Å². The molecule has 208 valence electrons. The van der Waals surface area contributed by atoms with E-state index in [1.807, 2.05) is 0 Å². The van der Waals surface area contributed by atoms with E-state index in [9.17, 15) is 32.7 Å². The third-order valence-corrected chi connectivity index (χ3v) is 7.49. The largest absolute Gasteiger partial charge is 0.494 e. The number of amides is 2. The fourth-order valence-electron chi connectivity index (χ4n) is 4.58. The lowest BCUT2D eigenvalue weighted by atomic mass is 9.89. The van der Waals surface area contributed by atoms with Gasteiger partial charge in [-0.2, -0.15) is 13.2 Å². The number of oxazole rings is 1. The minimum atomic E-state index is -4.91. The Labute approximate surface area is 229 Å². The number of piperidine rings is 1. The number of aromatic hydroxyl groups is 1. The molecule has 40 heavy (non-hydrogen) atoms. The lowest BCUT2D eigenvalue weighted by molar-refractivity contribution is -0.153. The lowest BCUT2D eigenvalue weighted by Gasteiger charge is -2.32. The summed E-state index contributed by atoms with van der Waals surface area (Å²) >= 11 is 0.807. The van der Waals surface area contributed by atoms with Crippen LogP contribution in [-0.2, 0) is 17.4 Å². The fourth-order valence-corrected chi connectivity index (χ4v) is 5.30. The van der Waals surface area contributed by atoms with Gasteiger partial charge in [0.05, 0.1) is 11.3 Å². The highest BCUT2D eigenvalue weighted by Gasteiger charge is 2.42. The number of aromatic nitrogens is 2. The Morgan fingerprint density at radius 1 is 1.10 bits per heavy atom. The molecule has 1 aliphatic rings. The van der Waals surface area contributed by atoms with E-state index in [1.54, 1.807) is 47.4 Å². The van der Waals surface area contributed by atoms with Gasteiger partial charge in [0.25, 0.3) is 5.91 Å². The van der Waals surface area contributed by atoms with E-state index in [2.05, 4.69) is 15.3 Å². The van der Waals surface area contributed by atoms with Gasteiger partial charge in [0.1, 0.15) is 0 Å². The second-order valence-electron chi connectivity index (χ2n) is 9.25. The molecule has 0 aliphatic carbocycles. The molecule has 0 radical (unpaired) electrons. The summed E-state index contributed by atoms with van der Waals surface area (Å²) in [6.45, 7) is 0.996. The molecule has 1 aliphatic heterocycles. The van der Waals surface area contributed by atoms with Crippen molar-refractivity contribution in [3.05, 3.63) is 86.2 Å². The quantitative estimate of drug-likeness (QED) is 0.298. The molecule has 1 saturated heterocycles. The Morgan fingerprint density at radius 3 is 2.38 bits per heavy atom. The van der Waals surface area contributed by atoms with Crippen LogP contribution in [0.15, 0.2) is 63.8 Å². The molecule has 0 atom stereocenters. The molecule has 0 spiro atoms. The second-order valence-corrected chi connectivity index (χ2v) is 10.3. The molecule has 3 N–H and O–H groups in total. The van der Waals surface area contributed by atoms with Crippen LogP contribution in [-0.4, -0.2) is 44.9 Å². The number of nitrogens with zero attached hydrogens (tertiary/aromatic N) is 2. The number of rotatable bonds is 6. The van der Waals surface area contributed by atoms with Crippen molar-refractivity contribution in [3.8, 4) is 17.3 Å². The van der Waals surface area contributed by atoms with Gasteiger partial charge in [-0.25, -0.2) is 4.98 Å². The fraction of sp³-hybridized carbons (Fsp3) is 0.259. The van der Waals surface area contributed by atoms with Crippen LogP contribution < -0.4 is 10.2 Å². The van der Waals surface area contributed by atoms with E-state index in [1.165, 1.54) is 12.1 Å². The molecule has 1 fully saturated rings. The molecule has 2 aromatic heterocycles. The summed E-state index contributed by atoms with van der Waals surface area (Å²) in [5.74, 6) is -3.13. The molecule has 0 saturated carbocycles. The number of alkyl halides is 3. The van der Waals surface area contributed by atoms with E-state index in [0.29, 0.717) is 42.1 Å². The highest BCUT2D eigenvalue weighted by Crippen LogP contribution is 2.36. The number of carbonyl (C=O) groups is 2. The molecule has 0 bridgehead atoms. The molecular formula is C27H23F3N4O5S. The minimum absolute atomic E-state index is 0.0529. The van der Waals surface area contributed by atoms with Crippen molar-refractivity contribution < 1.29 is 32.3 Å².